The minimum absolute atomic E-state index is 0.0458. The van der Waals surface area contributed by atoms with Gasteiger partial charge in [0.15, 0.2) is 0 Å². The van der Waals surface area contributed by atoms with Crippen LogP contribution >= 0.6 is 22.9 Å². The molecule has 172 valence electrons. The molecule has 0 saturated carbocycles. The Kier molecular flexibility index (Phi) is 6.52. The monoisotopic (exact) mass is 498 g/mol. The van der Waals surface area contributed by atoms with Gasteiger partial charge in [-0.3, -0.25) is 9.59 Å². The number of nitrogens with one attached hydrogen (secondary N) is 2. The van der Waals surface area contributed by atoms with E-state index in [0.29, 0.717) is 16.4 Å². The van der Waals surface area contributed by atoms with Crippen molar-refractivity contribution in [1.29, 1.82) is 0 Å². The molecule has 8 heteroatoms. The van der Waals surface area contributed by atoms with E-state index in [2.05, 4.69) is 15.3 Å². The molecule has 2 aromatic heterocycles. The Morgan fingerprint density at radius 1 is 0.914 bits per heavy atom. The third-order valence-electron chi connectivity index (χ3n) is 5.39. The SMILES string of the molecule is O=C(NCc1ccc(-c2nc(-c3ccccc3)cs2)cc1)c1cnc(-c2ccc(Cl)cc2)[nH]c1=O. The Bertz CT molecular complexity index is 1530. The fraction of sp³-hybridized carbons (Fsp3) is 0.0370. The van der Waals surface area contributed by atoms with Gasteiger partial charge in [0, 0.05) is 39.8 Å². The van der Waals surface area contributed by atoms with E-state index >= 15 is 0 Å². The highest BCUT2D eigenvalue weighted by Crippen LogP contribution is 2.29. The van der Waals surface area contributed by atoms with E-state index in [4.69, 9.17) is 16.6 Å². The predicted molar refractivity (Wildman–Crippen MR) is 139 cm³/mol. The van der Waals surface area contributed by atoms with Crippen LogP contribution in [0.2, 0.25) is 5.02 Å². The van der Waals surface area contributed by atoms with Crippen molar-refractivity contribution in [2.45, 2.75) is 6.54 Å². The molecule has 0 aliphatic rings. The lowest BCUT2D eigenvalue weighted by atomic mass is 10.1. The molecule has 5 rings (SSSR count). The Morgan fingerprint density at radius 3 is 2.34 bits per heavy atom. The quantitative estimate of drug-likeness (QED) is 0.309. The first-order valence-electron chi connectivity index (χ1n) is 10.8. The van der Waals surface area contributed by atoms with E-state index in [9.17, 15) is 9.59 Å². The molecule has 3 aromatic carbocycles. The molecule has 0 aliphatic carbocycles. The van der Waals surface area contributed by atoms with Gasteiger partial charge in [-0.15, -0.1) is 11.3 Å². The molecular weight excluding hydrogens is 480 g/mol. The van der Waals surface area contributed by atoms with Crippen molar-refractivity contribution < 1.29 is 4.79 Å². The molecule has 0 unspecified atom stereocenters. The van der Waals surface area contributed by atoms with E-state index in [-0.39, 0.29) is 12.1 Å². The van der Waals surface area contributed by atoms with Crippen LogP contribution in [-0.4, -0.2) is 20.9 Å². The smallest absolute Gasteiger partial charge is 0.264 e. The van der Waals surface area contributed by atoms with E-state index < -0.39 is 11.5 Å². The van der Waals surface area contributed by atoms with Crippen LogP contribution in [0.1, 0.15) is 15.9 Å². The number of nitrogens with zero attached hydrogens (tertiary/aromatic N) is 2. The van der Waals surface area contributed by atoms with Gasteiger partial charge < -0.3 is 10.3 Å². The third-order valence-corrected chi connectivity index (χ3v) is 6.53. The molecule has 0 aliphatic heterocycles. The standard InChI is InChI=1S/C27H19ClN4O2S/c28-21-12-10-19(11-13-21)24-29-15-22(26(34)32-24)25(33)30-14-17-6-8-20(9-7-17)27-31-23(16-35-27)18-4-2-1-3-5-18/h1-13,15-16H,14H2,(H,30,33)(H,29,32,34). The average molecular weight is 499 g/mol. The van der Waals surface area contributed by atoms with E-state index in [0.717, 1.165) is 27.4 Å². The fourth-order valence-electron chi connectivity index (χ4n) is 3.50. The average Bonchev–Trinajstić information content (AvgIpc) is 3.39. The maximum atomic E-state index is 12.6. The first kappa shape index (κ1) is 22.7. The second kappa shape index (κ2) is 10.0. The van der Waals surface area contributed by atoms with E-state index in [1.54, 1.807) is 35.6 Å². The molecule has 0 fully saturated rings. The topological polar surface area (TPSA) is 87.7 Å². The summed E-state index contributed by atoms with van der Waals surface area (Å²) >= 11 is 7.49. The summed E-state index contributed by atoms with van der Waals surface area (Å²) in [6, 6.07) is 24.8. The summed E-state index contributed by atoms with van der Waals surface area (Å²) in [5.41, 5.74) is 4.10. The molecule has 0 bridgehead atoms. The number of benzene rings is 3. The number of aromatic nitrogens is 3. The van der Waals surface area contributed by atoms with Crippen LogP contribution in [0.4, 0.5) is 0 Å². The highest BCUT2D eigenvalue weighted by atomic mass is 35.5. The number of hydrogen-bond donors (Lipinski definition) is 2. The molecule has 5 aromatic rings. The summed E-state index contributed by atoms with van der Waals surface area (Å²) < 4.78 is 0. The van der Waals surface area contributed by atoms with Crippen LogP contribution in [-0.2, 0) is 6.54 Å². The molecule has 6 nitrogen and oxygen atoms in total. The fourth-order valence-corrected chi connectivity index (χ4v) is 4.46. The largest absolute Gasteiger partial charge is 0.348 e. The van der Waals surface area contributed by atoms with Gasteiger partial charge in [0.2, 0.25) is 0 Å². The number of carbonyl (C=O) groups excluding carboxylic acids is 1. The normalized spacial score (nSPS) is 10.8. The first-order valence-corrected chi connectivity index (χ1v) is 12.1. The van der Waals surface area contributed by atoms with Crippen LogP contribution < -0.4 is 10.9 Å². The van der Waals surface area contributed by atoms with Crippen molar-refractivity contribution in [2.75, 3.05) is 0 Å². The van der Waals surface area contributed by atoms with Gasteiger partial charge in [0.25, 0.3) is 11.5 Å². The van der Waals surface area contributed by atoms with Gasteiger partial charge in [-0.25, -0.2) is 9.97 Å². The van der Waals surface area contributed by atoms with E-state index in [1.165, 1.54) is 6.20 Å². The number of hydrogen-bond acceptors (Lipinski definition) is 5. The van der Waals surface area contributed by atoms with Crippen molar-refractivity contribution in [3.05, 3.63) is 117 Å². The number of amides is 1. The number of carbonyl (C=O) groups is 1. The first-order chi connectivity index (χ1) is 17.1. The molecule has 2 heterocycles. The van der Waals surface area contributed by atoms with Crippen molar-refractivity contribution >= 4 is 28.8 Å². The molecule has 0 spiro atoms. The molecule has 2 N–H and O–H groups in total. The minimum atomic E-state index is -0.504. The number of H-pyrrole nitrogens is 1. The van der Waals surface area contributed by atoms with Crippen LogP contribution in [0.5, 0.6) is 0 Å². The summed E-state index contributed by atoms with van der Waals surface area (Å²) in [6.07, 6.45) is 1.29. The van der Waals surface area contributed by atoms with Gasteiger partial charge in [-0.05, 0) is 29.8 Å². The van der Waals surface area contributed by atoms with Crippen molar-refractivity contribution in [3.63, 3.8) is 0 Å². The van der Waals surface area contributed by atoms with Gasteiger partial charge in [0.1, 0.15) is 16.4 Å². The van der Waals surface area contributed by atoms with Crippen LogP contribution in [0, 0.1) is 0 Å². The Labute approximate surface area is 210 Å². The zero-order valence-corrected chi connectivity index (χ0v) is 19.9. The Hall–Kier alpha value is -4.07. The zero-order valence-electron chi connectivity index (χ0n) is 18.4. The lowest BCUT2D eigenvalue weighted by Crippen LogP contribution is -2.29. The van der Waals surface area contributed by atoms with Crippen LogP contribution in [0.15, 0.2) is 95.2 Å². The second-order valence-corrected chi connectivity index (χ2v) is 9.06. The second-order valence-electron chi connectivity index (χ2n) is 7.77. The summed E-state index contributed by atoms with van der Waals surface area (Å²) in [4.78, 5) is 36.6. The van der Waals surface area contributed by atoms with Gasteiger partial charge >= 0.3 is 0 Å². The van der Waals surface area contributed by atoms with Crippen molar-refractivity contribution in [1.82, 2.24) is 20.3 Å². The maximum Gasteiger partial charge on any atom is 0.264 e. The van der Waals surface area contributed by atoms with Crippen LogP contribution in [0.3, 0.4) is 0 Å². The predicted octanol–water partition coefficient (Wildman–Crippen LogP) is 5.81. The third kappa shape index (κ3) is 5.21. The number of aromatic amines is 1. The van der Waals surface area contributed by atoms with E-state index in [1.807, 2.05) is 60.0 Å². The van der Waals surface area contributed by atoms with Crippen molar-refractivity contribution in [3.8, 4) is 33.2 Å². The van der Waals surface area contributed by atoms with Crippen molar-refractivity contribution in [2.24, 2.45) is 0 Å². The van der Waals surface area contributed by atoms with Crippen LogP contribution in [0.25, 0.3) is 33.2 Å². The Balaban J connectivity index is 1.23. The molecule has 0 atom stereocenters. The number of rotatable bonds is 6. The highest BCUT2D eigenvalue weighted by Gasteiger charge is 2.13. The maximum absolute atomic E-state index is 12.6. The summed E-state index contributed by atoms with van der Waals surface area (Å²) in [5.74, 6) is -0.116. The minimum Gasteiger partial charge on any atom is -0.348 e. The lowest BCUT2D eigenvalue weighted by molar-refractivity contribution is 0.0949. The molecule has 0 radical (unpaired) electrons. The van der Waals surface area contributed by atoms with Gasteiger partial charge in [-0.2, -0.15) is 0 Å². The number of halogens is 1. The molecule has 35 heavy (non-hydrogen) atoms. The highest BCUT2D eigenvalue weighted by molar-refractivity contribution is 7.13. The van der Waals surface area contributed by atoms with Gasteiger partial charge in [-0.1, -0.05) is 66.2 Å². The number of thiazole rings is 1. The summed E-state index contributed by atoms with van der Waals surface area (Å²) in [5, 5.41) is 6.34. The summed E-state index contributed by atoms with van der Waals surface area (Å²) in [7, 11) is 0. The molecule has 1 amide bonds. The summed E-state index contributed by atoms with van der Waals surface area (Å²) in [6.45, 7) is 0.282. The molecule has 0 saturated heterocycles. The Morgan fingerprint density at radius 2 is 1.63 bits per heavy atom. The van der Waals surface area contributed by atoms with Gasteiger partial charge in [0.05, 0.1) is 5.69 Å². The lowest BCUT2D eigenvalue weighted by Gasteiger charge is -2.07. The molecular formula is C27H19ClN4O2S. The zero-order chi connectivity index (χ0) is 24.2.